The largest absolute Gasteiger partial charge is 0.537 e. The molecule has 0 bridgehead atoms. The van der Waals surface area contributed by atoms with Gasteiger partial charge in [-0.25, -0.2) is 0 Å². The van der Waals surface area contributed by atoms with Gasteiger partial charge in [-0.3, -0.25) is 0 Å². The van der Waals surface area contributed by atoms with Crippen LogP contribution < -0.4 is 9.92 Å². The summed E-state index contributed by atoms with van der Waals surface area (Å²) in [7, 11) is -1.19. The van der Waals surface area contributed by atoms with Gasteiger partial charge >= 0.3 is 8.80 Å². The minimum atomic E-state index is -2.84. The number of aryl methyl sites for hydroxylation is 1. The average molecular weight is 284 g/mol. The molecule has 108 valence electrons. The zero-order valence-electron chi connectivity index (χ0n) is 12.5. The molecular formula is C14H24O4Si. The summed E-state index contributed by atoms with van der Waals surface area (Å²) in [5.41, 5.74) is 1.10. The maximum atomic E-state index is 5.92. The lowest BCUT2D eigenvalue weighted by atomic mass is 10.2. The fourth-order valence-electron chi connectivity index (χ4n) is 1.99. The molecule has 0 N–H and O–H groups in total. The molecule has 0 aliphatic carbocycles. The molecule has 1 aromatic carbocycles. The molecule has 0 spiro atoms. The highest BCUT2D eigenvalue weighted by Crippen LogP contribution is 2.17. The van der Waals surface area contributed by atoms with E-state index in [2.05, 4.69) is 0 Å². The Morgan fingerprint density at radius 1 is 0.947 bits per heavy atom. The highest BCUT2D eigenvalue weighted by atomic mass is 28.4. The van der Waals surface area contributed by atoms with Crippen LogP contribution >= 0.6 is 0 Å². The minimum Gasteiger partial charge on any atom is -0.497 e. The maximum Gasteiger partial charge on any atom is 0.537 e. The molecule has 0 unspecified atom stereocenters. The maximum absolute atomic E-state index is 5.92. The summed E-state index contributed by atoms with van der Waals surface area (Å²) in [4.78, 5) is 0. The molecule has 0 aromatic heterocycles. The molecule has 1 aromatic rings. The zero-order chi connectivity index (χ0) is 14.3. The third-order valence-corrected chi connectivity index (χ3v) is 5.98. The average Bonchev–Trinajstić information content (AvgIpc) is 2.40. The molecule has 0 amide bonds. The second-order valence-electron chi connectivity index (χ2n) is 4.04. The van der Waals surface area contributed by atoms with Crippen molar-refractivity contribution >= 4 is 14.0 Å². The molecule has 0 aliphatic rings. The molecule has 19 heavy (non-hydrogen) atoms. The van der Waals surface area contributed by atoms with Crippen LogP contribution in [0, 0.1) is 6.92 Å². The van der Waals surface area contributed by atoms with Crippen LogP contribution in [-0.4, -0.2) is 35.7 Å². The first-order valence-electron chi connectivity index (χ1n) is 6.70. The molecule has 0 heterocycles. The van der Waals surface area contributed by atoms with E-state index in [9.17, 15) is 0 Å². The first-order valence-corrected chi connectivity index (χ1v) is 8.42. The van der Waals surface area contributed by atoms with E-state index in [0.29, 0.717) is 19.8 Å². The summed E-state index contributed by atoms with van der Waals surface area (Å²) >= 11 is 0. The summed E-state index contributed by atoms with van der Waals surface area (Å²) in [6, 6.07) is 5.90. The van der Waals surface area contributed by atoms with Gasteiger partial charge in [-0.1, -0.05) is 6.07 Å². The van der Waals surface area contributed by atoms with E-state index < -0.39 is 8.80 Å². The van der Waals surface area contributed by atoms with Gasteiger partial charge < -0.3 is 18.0 Å². The van der Waals surface area contributed by atoms with E-state index >= 15 is 0 Å². The summed E-state index contributed by atoms with van der Waals surface area (Å²) in [6.45, 7) is 9.57. The van der Waals surface area contributed by atoms with Gasteiger partial charge in [-0.2, -0.15) is 0 Å². The van der Waals surface area contributed by atoms with Crippen molar-refractivity contribution in [1.82, 2.24) is 0 Å². The van der Waals surface area contributed by atoms with Crippen LogP contribution in [0.1, 0.15) is 26.3 Å². The molecule has 0 radical (unpaired) electrons. The summed E-state index contributed by atoms with van der Waals surface area (Å²) < 4.78 is 23.0. The highest BCUT2D eigenvalue weighted by Gasteiger charge is 2.44. The Morgan fingerprint density at radius 2 is 1.47 bits per heavy atom. The van der Waals surface area contributed by atoms with Crippen LogP contribution in [0.4, 0.5) is 0 Å². The van der Waals surface area contributed by atoms with Crippen molar-refractivity contribution in [2.24, 2.45) is 0 Å². The Hall–Kier alpha value is -0.883. The number of ether oxygens (including phenoxy) is 1. The van der Waals surface area contributed by atoms with Gasteiger partial charge in [0.15, 0.2) is 0 Å². The second-order valence-corrected chi connectivity index (χ2v) is 6.55. The number of rotatable bonds is 8. The Bertz CT molecular complexity index is 378. The minimum absolute atomic E-state index is 0.558. The fourth-order valence-corrected chi connectivity index (χ4v) is 4.73. The lowest BCUT2D eigenvalue weighted by Crippen LogP contribution is -2.57. The van der Waals surface area contributed by atoms with Crippen molar-refractivity contribution in [2.75, 3.05) is 26.9 Å². The SMILES string of the molecule is CCO[Si](OCC)(OCC)c1cc(OC)ccc1C. The molecule has 5 heteroatoms. The van der Waals surface area contributed by atoms with Crippen LogP contribution in [0.3, 0.4) is 0 Å². The van der Waals surface area contributed by atoms with Gasteiger partial charge in [0.1, 0.15) is 5.75 Å². The fraction of sp³-hybridized carbons (Fsp3) is 0.571. The lowest BCUT2D eigenvalue weighted by molar-refractivity contribution is 0.0857. The predicted molar refractivity (Wildman–Crippen MR) is 78.0 cm³/mol. The second kappa shape index (κ2) is 7.64. The molecule has 0 saturated carbocycles. The van der Waals surface area contributed by atoms with Crippen molar-refractivity contribution in [3.63, 3.8) is 0 Å². The number of hydrogen-bond donors (Lipinski definition) is 0. The Kier molecular flexibility index (Phi) is 6.51. The summed E-state index contributed by atoms with van der Waals surface area (Å²) in [5.74, 6) is 0.789. The smallest absolute Gasteiger partial charge is 0.497 e. The molecular weight excluding hydrogens is 260 g/mol. The van der Waals surface area contributed by atoms with E-state index in [0.717, 1.165) is 16.5 Å². The molecule has 4 nitrogen and oxygen atoms in total. The van der Waals surface area contributed by atoms with Crippen molar-refractivity contribution in [1.29, 1.82) is 0 Å². The van der Waals surface area contributed by atoms with E-state index in [1.165, 1.54) is 0 Å². The number of hydrogen-bond acceptors (Lipinski definition) is 4. The lowest BCUT2D eigenvalue weighted by Gasteiger charge is -2.30. The van der Waals surface area contributed by atoms with Crippen LogP contribution in [0.5, 0.6) is 5.75 Å². The van der Waals surface area contributed by atoms with Gasteiger partial charge in [0.2, 0.25) is 0 Å². The normalized spacial score (nSPS) is 11.6. The van der Waals surface area contributed by atoms with Crippen molar-refractivity contribution in [3.8, 4) is 5.75 Å². The van der Waals surface area contributed by atoms with Gasteiger partial charge in [0.05, 0.1) is 7.11 Å². The standard InChI is InChI=1S/C14H24O4Si/c1-6-16-19(17-7-2,18-8-3)14-11-13(15-5)10-9-12(14)4/h9-11H,6-8H2,1-5H3. The van der Waals surface area contributed by atoms with Crippen molar-refractivity contribution in [3.05, 3.63) is 23.8 Å². The molecule has 0 saturated heterocycles. The quantitative estimate of drug-likeness (QED) is 0.686. The molecule has 1 rings (SSSR count). The van der Waals surface area contributed by atoms with Gasteiger partial charge in [-0.15, -0.1) is 0 Å². The zero-order valence-corrected chi connectivity index (χ0v) is 13.5. The van der Waals surface area contributed by atoms with Crippen LogP contribution in [0.25, 0.3) is 0 Å². The Balaban J connectivity index is 3.27. The number of methoxy groups -OCH3 is 1. The van der Waals surface area contributed by atoms with E-state index in [1.54, 1.807) is 7.11 Å². The topological polar surface area (TPSA) is 36.9 Å². The van der Waals surface area contributed by atoms with Crippen molar-refractivity contribution < 1.29 is 18.0 Å². The van der Waals surface area contributed by atoms with Gasteiger partial charge in [0.25, 0.3) is 0 Å². The van der Waals surface area contributed by atoms with E-state index in [4.69, 9.17) is 18.0 Å². The first kappa shape index (κ1) is 16.2. The highest BCUT2D eigenvalue weighted by molar-refractivity contribution is 6.75. The first-order chi connectivity index (χ1) is 9.13. The van der Waals surface area contributed by atoms with Crippen molar-refractivity contribution in [2.45, 2.75) is 27.7 Å². The Labute approximate surface area is 117 Å². The molecule has 0 atom stereocenters. The molecule has 0 aliphatic heterocycles. The third kappa shape index (κ3) is 3.79. The monoisotopic (exact) mass is 284 g/mol. The van der Waals surface area contributed by atoms with Crippen LogP contribution in [0.2, 0.25) is 0 Å². The van der Waals surface area contributed by atoms with Crippen LogP contribution in [-0.2, 0) is 13.3 Å². The molecule has 0 fully saturated rings. The Morgan fingerprint density at radius 3 is 1.89 bits per heavy atom. The van der Waals surface area contributed by atoms with Gasteiger partial charge in [0, 0.05) is 25.0 Å². The van der Waals surface area contributed by atoms with E-state index in [1.807, 2.05) is 45.9 Å². The van der Waals surface area contributed by atoms with E-state index in [-0.39, 0.29) is 0 Å². The summed E-state index contributed by atoms with van der Waals surface area (Å²) in [5, 5.41) is 0.984. The predicted octanol–water partition coefficient (Wildman–Crippen LogP) is 2.26. The third-order valence-electron chi connectivity index (χ3n) is 2.78. The number of benzene rings is 1. The van der Waals surface area contributed by atoms with Gasteiger partial charge in [-0.05, 0) is 45.4 Å². The summed E-state index contributed by atoms with van der Waals surface area (Å²) in [6.07, 6.45) is 0. The van der Waals surface area contributed by atoms with Crippen LogP contribution in [0.15, 0.2) is 18.2 Å².